The van der Waals surface area contributed by atoms with Crippen LogP contribution >= 0.6 is 0 Å². The van der Waals surface area contributed by atoms with Crippen molar-refractivity contribution in [3.05, 3.63) is 0 Å². The van der Waals surface area contributed by atoms with Gasteiger partial charge in [-0.05, 0) is 25.7 Å². The van der Waals surface area contributed by atoms with Crippen LogP contribution in [-0.4, -0.2) is 35.7 Å². The number of amides is 1. The Balaban J connectivity index is 2.23. The highest BCUT2D eigenvalue weighted by molar-refractivity contribution is 5.77. The van der Waals surface area contributed by atoms with E-state index in [0.717, 1.165) is 19.4 Å². The normalized spacial score (nSPS) is 25.5. The van der Waals surface area contributed by atoms with Crippen molar-refractivity contribution in [1.29, 1.82) is 0 Å². The van der Waals surface area contributed by atoms with Crippen LogP contribution in [0.5, 0.6) is 0 Å². The van der Waals surface area contributed by atoms with Crippen LogP contribution in [0.2, 0.25) is 0 Å². The molecule has 0 aromatic rings. The molecule has 1 heterocycles. The van der Waals surface area contributed by atoms with Crippen molar-refractivity contribution in [2.24, 2.45) is 5.92 Å². The Morgan fingerprint density at radius 3 is 2.71 bits per heavy atom. The summed E-state index contributed by atoms with van der Waals surface area (Å²) in [5, 5.41) is 11.4. The van der Waals surface area contributed by atoms with E-state index in [1.165, 1.54) is 0 Å². The lowest BCUT2D eigenvalue weighted by Gasteiger charge is -2.23. The van der Waals surface area contributed by atoms with Gasteiger partial charge < -0.3 is 15.2 Å². The van der Waals surface area contributed by atoms with E-state index in [1.54, 1.807) is 6.92 Å². The molecule has 2 atom stereocenters. The number of aliphatic carboxylic acids is 1. The van der Waals surface area contributed by atoms with Crippen molar-refractivity contribution < 1.29 is 19.4 Å². The second-order valence-corrected chi connectivity index (χ2v) is 5.09. The number of ether oxygens (including phenoxy) is 1. The van der Waals surface area contributed by atoms with Crippen LogP contribution in [0.4, 0.5) is 0 Å². The molecule has 2 unspecified atom stereocenters. The molecule has 0 saturated carbocycles. The van der Waals surface area contributed by atoms with Crippen molar-refractivity contribution in [3.63, 3.8) is 0 Å². The molecule has 5 heteroatoms. The molecule has 2 N–H and O–H groups in total. The Kier molecular flexibility index (Phi) is 4.93. The molecule has 1 rings (SSSR count). The van der Waals surface area contributed by atoms with E-state index in [2.05, 4.69) is 5.32 Å². The molecule has 1 fully saturated rings. The third kappa shape index (κ3) is 5.17. The van der Waals surface area contributed by atoms with Gasteiger partial charge in [-0.15, -0.1) is 0 Å². The van der Waals surface area contributed by atoms with Crippen LogP contribution < -0.4 is 5.32 Å². The van der Waals surface area contributed by atoms with Gasteiger partial charge >= 0.3 is 5.97 Å². The molecular formula is C12H21NO4. The Morgan fingerprint density at radius 2 is 2.18 bits per heavy atom. The molecule has 0 aliphatic carbocycles. The van der Waals surface area contributed by atoms with Gasteiger partial charge in [-0.1, -0.05) is 6.92 Å². The first-order chi connectivity index (χ1) is 7.91. The summed E-state index contributed by atoms with van der Waals surface area (Å²) in [5.74, 6) is -1.10. The van der Waals surface area contributed by atoms with Crippen molar-refractivity contribution in [1.82, 2.24) is 5.32 Å². The van der Waals surface area contributed by atoms with Gasteiger partial charge in [-0.2, -0.15) is 0 Å². The lowest BCUT2D eigenvalue weighted by Crippen LogP contribution is -2.40. The quantitative estimate of drug-likeness (QED) is 0.734. The lowest BCUT2D eigenvalue weighted by molar-refractivity contribution is -0.138. The summed E-state index contributed by atoms with van der Waals surface area (Å²) in [7, 11) is 0. The number of carboxylic acid groups (broad SMARTS) is 1. The molecule has 17 heavy (non-hydrogen) atoms. The van der Waals surface area contributed by atoms with E-state index in [1.807, 2.05) is 6.92 Å². The zero-order valence-electron chi connectivity index (χ0n) is 10.5. The number of rotatable bonds is 6. The zero-order chi connectivity index (χ0) is 12.9. The fourth-order valence-electron chi connectivity index (χ4n) is 2.02. The zero-order valence-corrected chi connectivity index (χ0v) is 10.5. The van der Waals surface area contributed by atoms with Gasteiger partial charge in [0.2, 0.25) is 5.91 Å². The summed E-state index contributed by atoms with van der Waals surface area (Å²) >= 11 is 0. The maximum absolute atomic E-state index is 11.6. The smallest absolute Gasteiger partial charge is 0.303 e. The predicted molar refractivity (Wildman–Crippen MR) is 62.6 cm³/mol. The van der Waals surface area contributed by atoms with Gasteiger partial charge in [0.25, 0.3) is 0 Å². The molecule has 5 nitrogen and oxygen atoms in total. The van der Waals surface area contributed by atoms with E-state index in [-0.39, 0.29) is 30.3 Å². The maximum Gasteiger partial charge on any atom is 0.303 e. The Morgan fingerprint density at radius 1 is 1.47 bits per heavy atom. The van der Waals surface area contributed by atoms with Gasteiger partial charge in [0.1, 0.15) is 0 Å². The first-order valence-corrected chi connectivity index (χ1v) is 6.04. The number of carbonyl (C=O) groups is 2. The Hall–Kier alpha value is -1.10. The van der Waals surface area contributed by atoms with E-state index < -0.39 is 5.97 Å². The minimum absolute atomic E-state index is 0.0290. The van der Waals surface area contributed by atoms with Gasteiger partial charge in [-0.3, -0.25) is 9.59 Å². The maximum atomic E-state index is 11.6. The highest BCUT2D eigenvalue weighted by Gasteiger charge is 2.30. The van der Waals surface area contributed by atoms with Crippen molar-refractivity contribution in [2.75, 3.05) is 13.2 Å². The van der Waals surface area contributed by atoms with Crippen LogP contribution in [0.3, 0.4) is 0 Å². The first kappa shape index (κ1) is 14.0. The van der Waals surface area contributed by atoms with Crippen molar-refractivity contribution in [2.45, 2.75) is 45.1 Å². The summed E-state index contributed by atoms with van der Waals surface area (Å²) in [6, 6.07) is 0. The molecular weight excluding hydrogens is 222 g/mol. The topological polar surface area (TPSA) is 75.6 Å². The van der Waals surface area contributed by atoms with Crippen LogP contribution in [0.1, 0.15) is 39.5 Å². The highest BCUT2D eigenvalue weighted by atomic mass is 16.5. The summed E-state index contributed by atoms with van der Waals surface area (Å²) < 4.78 is 5.55. The molecule has 0 aromatic heterocycles. The average molecular weight is 243 g/mol. The van der Waals surface area contributed by atoms with Gasteiger partial charge in [0.05, 0.1) is 5.60 Å². The molecule has 98 valence electrons. The molecule has 0 radical (unpaired) electrons. The second kappa shape index (κ2) is 6.00. The molecule has 1 saturated heterocycles. The number of hydrogen-bond acceptors (Lipinski definition) is 3. The van der Waals surface area contributed by atoms with Crippen LogP contribution in [0.25, 0.3) is 0 Å². The van der Waals surface area contributed by atoms with E-state index in [4.69, 9.17) is 9.84 Å². The van der Waals surface area contributed by atoms with E-state index >= 15 is 0 Å². The summed E-state index contributed by atoms with van der Waals surface area (Å²) in [6.07, 6.45) is 2.27. The van der Waals surface area contributed by atoms with Gasteiger partial charge in [-0.25, -0.2) is 0 Å². The van der Waals surface area contributed by atoms with Crippen LogP contribution in [0, 0.1) is 5.92 Å². The first-order valence-electron chi connectivity index (χ1n) is 6.04. The Labute approximate surface area is 102 Å². The predicted octanol–water partition coefficient (Wildman–Crippen LogP) is 1.17. The van der Waals surface area contributed by atoms with Crippen molar-refractivity contribution >= 4 is 11.9 Å². The second-order valence-electron chi connectivity index (χ2n) is 5.09. The van der Waals surface area contributed by atoms with Crippen molar-refractivity contribution in [3.8, 4) is 0 Å². The fraction of sp³-hybridized carbons (Fsp3) is 0.833. The molecule has 0 spiro atoms. The SMILES string of the molecule is CC(CC(=O)O)CC(=O)NCC1(C)CCCO1. The van der Waals surface area contributed by atoms with Crippen LogP contribution in [0.15, 0.2) is 0 Å². The largest absolute Gasteiger partial charge is 0.481 e. The Bertz CT molecular complexity index is 284. The molecule has 1 aliphatic heterocycles. The van der Waals surface area contributed by atoms with E-state index in [9.17, 15) is 9.59 Å². The summed E-state index contributed by atoms with van der Waals surface area (Å²) in [5.41, 5.74) is -0.244. The average Bonchev–Trinajstić information content (AvgIpc) is 2.61. The monoisotopic (exact) mass is 243 g/mol. The standard InChI is InChI=1S/C12H21NO4/c1-9(7-11(15)16)6-10(14)13-8-12(2)4-3-5-17-12/h9H,3-8H2,1-2H3,(H,13,14)(H,15,16). The minimum Gasteiger partial charge on any atom is -0.481 e. The van der Waals surface area contributed by atoms with Gasteiger partial charge in [0, 0.05) is 26.0 Å². The number of hydrogen-bond donors (Lipinski definition) is 2. The number of carbonyl (C=O) groups excluding carboxylic acids is 1. The van der Waals surface area contributed by atoms with Gasteiger partial charge in [0.15, 0.2) is 0 Å². The third-order valence-electron chi connectivity index (χ3n) is 3.02. The third-order valence-corrected chi connectivity index (χ3v) is 3.02. The van der Waals surface area contributed by atoms with E-state index in [0.29, 0.717) is 6.54 Å². The van der Waals surface area contributed by atoms with Crippen LogP contribution in [-0.2, 0) is 14.3 Å². The fourth-order valence-corrected chi connectivity index (χ4v) is 2.02. The number of carboxylic acids is 1. The number of nitrogens with one attached hydrogen (secondary N) is 1. The summed E-state index contributed by atoms with van der Waals surface area (Å²) in [6.45, 7) is 5.01. The summed E-state index contributed by atoms with van der Waals surface area (Å²) in [4.78, 5) is 22.0. The molecule has 0 bridgehead atoms. The highest BCUT2D eigenvalue weighted by Crippen LogP contribution is 2.23. The molecule has 0 aromatic carbocycles. The lowest BCUT2D eigenvalue weighted by atomic mass is 10.0. The molecule has 1 amide bonds. The molecule has 1 aliphatic rings. The minimum atomic E-state index is -0.864.